The molecular weight excluding hydrogens is 152 g/mol. The fraction of sp³-hybridized carbons (Fsp3) is 0.778. The molecule has 1 saturated carbocycles. The van der Waals surface area contributed by atoms with E-state index in [9.17, 15) is 4.79 Å². The Morgan fingerprint density at radius 1 is 1.33 bits per heavy atom. The summed E-state index contributed by atoms with van der Waals surface area (Å²) in [6.45, 7) is 0. The molecule has 0 aromatic carbocycles. The Hall–Kier alpha value is -0.860. The van der Waals surface area contributed by atoms with Crippen LogP contribution in [0, 0.1) is 17.2 Å². The number of rotatable bonds is 0. The van der Waals surface area contributed by atoms with E-state index in [4.69, 9.17) is 5.41 Å². The number of nitrogens with one attached hydrogen (secondary N) is 1. The van der Waals surface area contributed by atoms with Gasteiger partial charge >= 0.3 is 0 Å². The van der Waals surface area contributed by atoms with Crippen LogP contribution in [0.3, 0.4) is 0 Å². The maximum Gasteiger partial charge on any atom is 0.231 e. The van der Waals surface area contributed by atoms with Gasteiger partial charge in [0.2, 0.25) is 5.91 Å². The van der Waals surface area contributed by atoms with Crippen LogP contribution in [0.1, 0.15) is 25.7 Å². The van der Waals surface area contributed by atoms with E-state index in [1.165, 1.54) is 11.3 Å². The van der Waals surface area contributed by atoms with Crippen LogP contribution in [0.25, 0.3) is 0 Å². The van der Waals surface area contributed by atoms with Gasteiger partial charge < -0.3 is 4.90 Å². The standard InChI is InChI=1S/C9H14N2O/c1-11-8(10)6-4-2-3-5-7(6)9(11)12/h6-7,10H,2-5H2,1H3. The average Bonchev–Trinajstić information content (AvgIpc) is 2.33. The van der Waals surface area contributed by atoms with Crippen LogP contribution in [0.5, 0.6) is 0 Å². The van der Waals surface area contributed by atoms with Crippen molar-refractivity contribution >= 4 is 11.7 Å². The SMILES string of the molecule is CN1C(=N)C2CCCCC2C1=O. The number of carbonyl (C=O) groups excluding carboxylic acids is 1. The van der Waals surface area contributed by atoms with Crippen molar-refractivity contribution in [2.45, 2.75) is 25.7 Å². The van der Waals surface area contributed by atoms with E-state index in [0.29, 0.717) is 5.84 Å². The van der Waals surface area contributed by atoms with Gasteiger partial charge in [0.1, 0.15) is 5.84 Å². The number of amidine groups is 1. The largest absolute Gasteiger partial charge is 0.303 e. The first-order chi connectivity index (χ1) is 5.72. The zero-order valence-electron chi connectivity index (χ0n) is 7.34. The van der Waals surface area contributed by atoms with E-state index in [2.05, 4.69) is 0 Å². The van der Waals surface area contributed by atoms with Crippen LogP contribution < -0.4 is 0 Å². The number of amides is 1. The number of likely N-dealkylation sites (tertiary alicyclic amines) is 1. The highest BCUT2D eigenvalue weighted by Crippen LogP contribution is 2.37. The summed E-state index contributed by atoms with van der Waals surface area (Å²) in [6.07, 6.45) is 4.38. The molecule has 1 heterocycles. The predicted octanol–water partition coefficient (Wildman–Crippen LogP) is 1.24. The summed E-state index contributed by atoms with van der Waals surface area (Å²) in [5.74, 6) is 1.11. The number of nitrogens with zero attached hydrogens (tertiary/aromatic N) is 1. The minimum absolute atomic E-state index is 0.149. The molecule has 3 heteroatoms. The molecule has 2 rings (SSSR count). The highest BCUT2D eigenvalue weighted by molar-refractivity contribution is 6.06. The van der Waals surface area contributed by atoms with Crippen molar-refractivity contribution in [1.29, 1.82) is 5.41 Å². The third-order valence-corrected chi connectivity index (χ3v) is 3.13. The van der Waals surface area contributed by atoms with Crippen LogP contribution in [0.2, 0.25) is 0 Å². The van der Waals surface area contributed by atoms with E-state index in [0.717, 1.165) is 19.3 Å². The lowest BCUT2D eigenvalue weighted by atomic mass is 9.81. The second-order valence-electron chi connectivity index (χ2n) is 3.78. The summed E-state index contributed by atoms with van der Waals surface area (Å²) < 4.78 is 0. The van der Waals surface area contributed by atoms with E-state index in [1.807, 2.05) is 0 Å². The zero-order valence-corrected chi connectivity index (χ0v) is 7.34. The van der Waals surface area contributed by atoms with Crippen molar-refractivity contribution in [3.63, 3.8) is 0 Å². The summed E-state index contributed by atoms with van der Waals surface area (Å²) in [5.41, 5.74) is 0. The van der Waals surface area contributed by atoms with Gasteiger partial charge in [-0.05, 0) is 12.8 Å². The molecule has 0 radical (unpaired) electrons. The Morgan fingerprint density at radius 3 is 2.50 bits per heavy atom. The minimum atomic E-state index is 0.149. The zero-order chi connectivity index (χ0) is 8.72. The number of carbonyl (C=O) groups is 1. The summed E-state index contributed by atoms with van der Waals surface area (Å²) in [5, 5.41) is 7.72. The third kappa shape index (κ3) is 0.886. The Morgan fingerprint density at radius 2 is 1.92 bits per heavy atom. The van der Waals surface area contributed by atoms with Gasteiger partial charge in [-0.2, -0.15) is 0 Å². The second kappa shape index (κ2) is 2.57. The summed E-state index contributed by atoms with van der Waals surface area (Å²) in [6, 6.07) is 0. The van der Waals surface area contributed by atoms with Crippen LogP contribution in [-0.4, -0.2) is 23.7 Å². The lowest BCUT2D eigenvalue weighted by Gasteiger charge is -2.21. The number of fused-ring (bicyclic) bond motifs is 1. The molecule has 2 aliphatic rings. The lowest BCUT2D eigenvalue weighted by Crippen LogP contribution is -2.25. The second-order valence-corrected chi connectivity index (χ2v) is 3.78. The lowest BCUT2D eigenvalue weighted by molar-refractivity contribution is -0.129. The first-order valence-corrected chi connectivity index (χ1v) is 4.58. The van der Waals surface area contributed by atoms with Crippen LogP contribution in [0.4, 0.5) is 0 Å². The van der Waals surface area contributed by atoms with Gasteiger partial charge in [-0.25, -0.2) is 0 Å². The average molecular weight is 166 g/mol. The van der Waals surface area contributed by atoms with Crippen molar-refractivity contribution in [2.75, 3.05) is 7.05 Å². The smallest absolute Gasteiger partial charge is 0.231 e. The molecule has 1 aliphatic carbocycles. The monoisotopic (exact) mass is 166 g/mol. The van der Waals surface area contributed by atoms with Crippen molar-refractivity contribution in [1.82, 2.24) is 4.90 Å². The first kappa shape index (κ1) is 7.77. The van der Waals surface area contributed by atoms with Gasteiger partial charge in [0.05, 0.1) is 0 Å². The molecule has 2 atom stereocenters. The topological polar surface area (TPSA) is 44.2 Å². The Balaban J connectivity index is 2.25. The molecular formula is C9H14N2O. The molecule has 0 bridgehead atoms. The molecule has 2 unspecified atom stereocenters. The highest BCUT2D eigenvalue weighted by atomic mass is 16.2. The van der Waals surface area contributed by atoms with Crippen molar-refractivity contribution < 1.29 is 4.79 Å². The summed E-state index contributed by atoms with van der Waals surface area (Å²) >= 11 is 0. The van der Waals surface area contributed by atoms with Gasteiger partial charge in [-0.3, -0.25) is 10.2 Å². The van der Waals surface area contributed by atoms with Crippen molar-refractivity contribution in [3.05, 3.63) is 0 Å². The van der Waals surface area contributed by atoms with Gasteiger partial charge in [-0.15, -0.1) is 0 Å². The molecule has 12 heavy (non-hydrogen) atoms. The predicted molar refractivity (Wildman–Crippen MR) is 45.9 cm³/mol. The van der Waals surface area contributed by atoms with Crippen LogP contribution >= 0.6 is 0 Å². The quantitative estimate of drug-likeness (QED) is 0.578. The highest BCUT2D eigenvalue weighted by Gasteiger charge is 2.43. The van der Waals surface area contributed by atoms with E-state index < -0.39 is 0 Å². The Labute approximate surface area is 72.3 Å². The first-order valence-electron chi connectivity index (χ1n) is 4.58. The van der Waals surface area contributed by atoms with Crippen LogP contribution in [0.15, 0.2) is 0 Å². The van der Waals surface area contributed by atoms with E-state index in [1.54, 1.807) is 7.05 Å². The normalized spacial score (nSPS) is 35.6. The fourth-order valence-corrected chi connectivity index (χ4v) is 2.37. The van der Waals surface area contributed by atoms with Gasteiger partial charge in [-0.1, -0.05) is 12.8 Å². The molecule has 1 amide bonds. The molecule has 3 nitrogen and oxygen atoms in total. The van der Waals surface area contributed by atoms with Crippen molar-refractivity contribution in [3.8, 4) is 0 Å². The molecule has 66 valence electrons. The van der Waals surface area contributed by atoms with Crippen molar-refractivity contribution in [2.24, 2.45) is 11.8 Å². The summed E-state index contributed by atoms with van der Waals surface area (Å²) in [7, 11) is 1.73. The molecule has 2 fully saturated rings. The summed E-state index contributed by atoms with van der Waals surface area (Å²) in [4.78, 5) is 13.1. The Bertz CT molecular complexity index is 213. The third-order valence-electron chi connectivity index (χ3n) is 3.13. The maximum absolute atomic E-state index is 11.5. The van der Waals surface area contributed by atoms with Crippen LogP contribution in [-0.2, 0) is 4.79 Å². The molecule has 1 aliphatic heterocycles. The maximum atomic E-state index is 11.5. The van der Waals surface area contributed by atoms with Gasteiger partial charge in [0.25, 0.3) is 0 Å². The molecule has 0 aromatic rings. The number of hydrogen-bond acceptors (Lipinski definition) is 2. The molecule has 1 N–H and O–H groups in total. The van der Waals surface area contributed by atoms with Gasteiger partial charge in [0, 0.05) is 18.9 Å². The number of hydrogen-bond donors (Lipinski definition) is 1. The Kier molecular flexibility index (Phi) is 1.67. The fourth-order valence-electron chi connectivity index (χ4n) is 2.37. The minimum Gasteiger partial charge on any atom is -0.303 e. The van der Waals surface area contributed by atoms with E-state index >= 15 is 0 Å². The van der Waals surface area contributed by atoms with Gasteiger partial charge in [0.15, 0.2) is 0 Å². The molecule has 0 aromatic heterocycles. The molecule has 0 spiro atoms. The van der Waals surface area contributed by atoms with E-state index in [-0.39, 0.29) is 17.7 Å². The molecule has 1 saturated heterocycles.